The summed E-state index contributed by atoms with van der Waals surface area (Å²) in [5.74, 6) is -2.38. The molecule has 0 atom stereocenters. The van der Waals surface area contributed by atoms with Crippen LogP contribution in [0, 0.1) is 0 Å². The molecule has 0 saturated heterocycles. The number of hydrogen-bond acceptors (Lipinski definition) is 6. The summed E-state index contributed by atoms with van der Waals surface area (Å²) >= 11 is 0. The fourth-order valence-electron chi connectivity index (χ4n) is 2.91. The highest BCUT2D eigenvalue weighted by Crippen LogP contribution is 2.31. The van der Waals surface area contributed by atoms with Gasteiger partial charge in [-0.1, -0.05) is 12.1 Å². The van der Waals surface area contributed by atoms with Crippen LogP contribution in [0.15, 0.2) is 60.9 Å². The molecule has 33 heavy (non-hydrogen) atoms. The average Bonchev–Trinajstić information content (AvgIpc) is 2.78. The Labute approximate surface area is 184 Å². The Kier molecular flexibility index (Phi) is 6.61. The Bertz CT molecular complexity index is 1340. The van der Waals surface area contributed by atoms with Gasteiger partial charge in [0.15, 0.2) is 0 Å². The number of benzene rings is 2. The second-order valence-electron chi connectivity index (χ2n) is 6.58. The predicted octanol–water partition coefficient (Wildman–Crippen LogP) is 4.87. The van der Waals surface area contributed by atoms with Crippen LogP contribution in [-0.4, -0.2) is 45.4 Å². The maximum atomic E-state index is 11.3. The third kappa shape index (κ3) is 5.45. The quantitative estimate of drug-likeness (QED) is 0.370. The van der Waals surface area contributed by atoms with Crippen LogP contribution in [0.2, 0.25) is 0 Å². The number of aromatic carboxylic acids is 1. The minimum absolute atomic E-state index is 0.195. The number of halogens is 3. The van der Waals surface area contributed by atoms with Gasteiger partial charge in [0.2, 0.25) is 0 Å². The van der Waals surface area contributed by atoms with E-state index in [4.69, 9.17) is 14.6 Å². The fourth-order valence-corrected chi connectivity index (χ4v) is 2.91. The third-order valence-electron chi connectivity index (χ3n) is 4.42. The van der Waals surface area contributed by atoms with Crippen LogP contribution >= 0.6 is 0 Å². The van der Waals surface area contributed by atoms with E-state index in [0.717, 1.165) is 27.6 Å². The van der Waals surface area contributed by atoms with E-state index in [9.17, 15) is 23.1 Å². The number of aromatic nitrogens is 2. The van der Waals surface area contributed by atoms with E-state index in [1.807, 2.05) is 30.3 Å². The molecule has 170 valence electrons. The molecule has 0 spiro atoms. The molecule has 4 rings (SSSR count). The Hall–Kier alpha value is -4.41. The number of carbonyl (C=O) groups is 2. The molecule has 3 N–H and O–H groups in total. The second-order valence-corrected chi connectivity index (χ2v) is 6.58. The number of methoxy groups -OCH3 is 1. The van der Waals surface area contributed by atoms with E-state index < -0.39 is 18.1 Å². The number of pyridine rings is 2. The van der Waals surface area contributed by atoms with Crippen LogP contribution < -0.4 is 10.1 Å². The van der Waals surface area contributed by atoms with Crippen molar-refractivity contribution in [2.45, 2.75) is 6.18 Å². The van der Waals surface area contributed by atoms with Crippen molar-refractivity contribution in [3.8, 4) is 5.75 Å². The van der Waals surface area contributed by atoms with Gasteiger partial charge in [-0.2, -0.15) is 13.2 Å². The summed E-state index contributed by atoms with van der Waals surface area (Å²) in [4.78, 5) is 29.0. The van der Waals surface area contributed by atoms with Crippen molar-refractivity contribution in [2.24, 2.45) is 0 Å². The summed E-state index contributed by atoms with van der Waals surface area (Å²) in [6.07, 6.45) is -1.62. The van der Waals surface area contributed by atoms with Crippen molar-refractivity contribution in [1.82, 2.24) is 9.97 Å². The number of rotatable bonds is 4. The number of fused-ring (bicyclic) bond motifs is 3. The van der Waals surface area contributed by atoms with Gasteiger partial charge in [0.05, 0.1) is 18.2 Å². The van der Waals surface area contributed by atoms with Gasteiger partial charge in [-0.15, -0.1) is 0 Å². The molecule has 0 saturated carbocycles. The summed E-state index contributed by atoms with van der Waals surface area (Å²) in [6.45, 7) is 0. The van der Waals surface area contributed by atoms with Crippen LogP contribution in [0.5, 0.6) is 5.75 Å². The summed E-state index contributed by atoms with van der Waals surface area (Å²) in [6, 6.07) is 14.3. The Morgan fingerprint density at radius 3 is 2.36 bits per heavy atom. The maximum absolute atomic E-state index is 11.3. The number of ether oxygens (including phenoxy) is 1. The molecule has 0 radical (unpaired) electrons. The van der Waals surface area contributed by atoms with Crippen LogP contribution in [0.3, 0.4) is 0 Å². The zero-order valence-electron chi connectivity index (χ0n) is 16.9. The molecule has 0 unspecified atom stereocenters. The largest absolute Gasteiger partial charge is 0.497 e. The van der Waals surface area contributed by atoms with Gasteiger partial charge in [-0.05, 0) is 30.3 Å². The zero-order chi connectivity index (χ0) is 24.2. The van der Waals surface area contributed by atoms with Gasteiger partial charge in [-0.25, -0.2) is 14.6 Å². The standard InChI is InChI=1S/C20H15N3O3.C2HF3O2/c1-26-14-4-2-3-13(10-14)22-19-16-7-8-21-11-17(16)15-6-5-12(20(24)25)9-18(15)23-19;3-2(4,5)1(6)7/h2-11H,1H3,(H,22,23)(H,24,25);(H,6,7). The van der Waals surface area contributed by atoms with E-state index in [1.165, 1.54) is 0 Å². The smallest absolute Gasteiger partial charge is 0.490 e. The first-order chi connectivity index (χ1) is 15.6. The van der Waals surface area contributed by atoms with Gasteiger partial charge < -0.3 is 20.3 Å². The lowest BCUT2D eigenvalue weighted by Gasteiger charge is -2.12. The lowest BCUT2D eigenvalue weighted by molar-refractivity contribution is -0.192. The molecule has 0 amide bonds. The van der Waals surface area contributed by atoms with Crippen molar-refractivity contribution < 1.29 is 37.7 Å². The van der Waals surface area contributed by atoms with E-state index in [-0.39, 0.29) is 5.56 Å². The number of alkyl halides is 3. The molecule has 0 bridgehead atoms. The molecule has 0 aliphatic rings. The lowest BCUT2D eigenvalue weighted by Crippen LogP contribution is -2.21. The van der Waals surface area contributed by atoms with Crippen LogP contribution in [-0.2, 0) is 4.79 Å². The summed E-state index contributed by atoms with van der Waals surface area (Å²) in [5.41, 5.74) is 1.61. The molecular formula is C22H16F3N3O5. The fraction of sp³-hybridized carbons (Fsp3) is 0.0909. The zero-order valence-corrected chi connectivity index (χ0v) is 16.9. The summed E-state index contributed by atoms with van der Waals surface area (Å²) < 4.78 is 37.0. The Balaban J connectivity index is 0.000000383. The molecule has 8 nitrogen and oxygen atoms in total. The Morgan fingerprint density at radius 2 is 1.73 bits per heavy atom. The highest BCUT2D eigenvalue weighted by atomic mass is 19.4. The van der Waals surface area contributed by atoms with Crippen molar-refractivity contribution in [2.75, 3.05) is 12.4 Å². The second kappa shape index (κ2) is 9.39. The number of anilines is 2. The molecule has 0 fully saturated rings. The first-order valence-corrected chi connectivity index (χ1v) is 9.22. The minimum atomic E-state index is -5.08. The highest BCUT2D eigenvalue weighted by molar-refractivity contribution is 6.11. The molecule has 2 aromatic heterocycles. The number of carboxylic acids is 2. The molecule has 11 heteroatoms. The minimum Gasteiger partial charge on any atom is -0.497 e. The molecular weight excluding hydrogens is 443 g/mol. The van der Waals surface area contributed by atoms with Gasteiger partial charge in [-0.3, -0.25) is 4.98 Å². The van der Waals surface area contributed by atoms with Crippen LogP contribution in [0.25, 0.3) is 21.7 Å². The summed E-state index contributed by atoms with van der Waals surface area (Å²) in [7, 11) is 1.61. The van der Waals surface area contributed by atoms with Gasteiger partial charge >= 0.3 is 18.1 Å². The van der Waals surface area contributed by atoms with Crippen molar-refractivity contribution >= 4 is 45.1 Å². The van der Waals surface area contributed by atoms with E-state index in [2.05, 4.69) is 15.3 Å². The first-order valence-electron chi connectivity index (χ1n) is 9.22. The van der Waals surface area contributed by atoms with Crippen molar-refractivity contribution in [3.05, 3.63) is 66.5 Å². The van der Waals surface area contributed by atoms with Gasteiger partial charge in [0.1, 0.15) is 11.6 Å². The number of hydrogen-bond donors (Lipinski definition) is 3. The van der Waals surface area contributed by atoms with Crippen molar-refractivity contribution in [1.29, 1.82) is 0 Å². The normalized spacial score (nSPS) is 10.9. The molecule has 2 heterocycles. The van der Waals surface area contributed by atoms with Crippen molar-refractivity contribution in [3.63, 3.8) is 0 Å². The van der Waals surface area contributed by atoms with E-state index in [0.29, 0.717) is 11.3 Å². The van der Waals surface area contributed by atoms with Crippen LogP contribution in [0.1, 0.15) is 10.4 Å². The van der Waals surface area contributed by atoms with Crippen LogP contribution in [0.4, 0.5) is 24.7 Å². The molecule has 0 aliphatic heterocycles. The lowest BCUT2D eigenvalue weighted by atomic mass is 10.1. The highest BCUT2D eigenvalue weighted by Gasteiger charge is 2.38. The van der Waals surface area contributed by atoms with Gasteiger partial charge in [0, 0.05) is 40.3 Å². The first kappa shape index (κ1) is 23.3. The SMILES string of the molecule is COc1cccc(Nc2nc3cc(C(=O)O)ccc3c3cnccc23)c1.O=C(O)C(F)(F)F. The number of carboxylic acid groups (broad SMARTS) is 2. The number of nitrogens with zero attached hydrogens (tertiary/aromatic N) is 2. The topological polar surface area (TPSA) is 122 Å². The van der Waals surface area contributed by atoms with E-state index in [1.54, 1.807) is 37.7 Å². The summed E-state index contributed by atoms with van der Waals surface area (Å²) in [5, 5.41) is 22.3. The third-order valence-corrected chi connectivity index (χ3v) is 4.42. The molecule has 0 aliphatic carbocycles. The number of nitrogens with one attached hydrogen (secondary N) is 1. The molecule has 2 aromatic carbocycles. The van der Waals surface area contributed by atoms with Gasteiger partial charge in [0.25, 0.3) is 0 Å². The van der Waals surface area contributed by atoms with E-state index >= 15 is 0 Å². The average molecular weight is 459 g/mol. The monoisotopic (exact) mass is 459 g/mol. The Morgan fingerprint density at radius 1 is 1.00 bits per heavy atom. The molecule has 4 aromatic rings. The maximum Gasteiger partial charge on any atom is 0.490 e. The number of aliphatic carboxylic acids is 1. The predicted molar refractivity (Wildman–Crippen MR) is 114 cm³/mol.